The first-order valence-electron chi connectivity index (χ1n) is 6.76. The Labute approximate surface area is 119 Å². The van der Waals surface area contributed by atoms with Crippen LogP contribution in [0.15, 0.2) is 24.3 Å². The molecular formula is C15H20ClNO2. The van der Waals surface area contributed by atoms with Gasteiger partial charge in [0.1, 0.15) is 0 Å². The summed E-state index contributed by atoms with van der Waals surface area (Å²) in [6.07, 6.45) is 2.00. The molecule has 2 unspecified atom stereocenters. The van der Waals surface area contributed by atoms with Crippen LogP contribution in [0.4, 0.5) is 0 Å². The van der Waals surface area contributed by atoms with Crippen LogP contribution in [-0.4, -0.2) is 35.1 Å². The minimum Gasteiger partial charge on any atom is -0.393 e. The van der Waals surface area contributed by atoms with Crippen LogP contribution in [-0.2, 0) is 11.2 Å². The van der Waals surface area contributed by atoms with Gasteiger partial charge in [0.25, 0.3) is 0 Å². The van der Waals surface area contributed by atoms with Gasteiger partial charge in [0.05, 0.1) is 12.5 Å². The maximum atomic E-state index is 12.2. The van der Waals surface area contributed by atoms with E-state index in [4.69, 9.17) is 11.6 Å². The van der Waals surface area contributed by atoms with Crippen LogP contribution >= 0.6 is 11.6 Å². The van der Waals surface area contributed by atoms with Gasteiger partial charge in [-0.15, -0.1) is 0 Å². The molecule has 104 valence electrons. The molecule has 2 atom stereocenters. The topological polar surface area (TPSA) is 40.5 Å². The minimum atomic E-state index is -0.346. The second kappa shape index (κ2) is 6.40. The van der Waals surface area contributed by atoms with E-state index in [0.717, 1.165) is 24.9 Å². The predicted octanol–water partition coefficient (Wildman–Crippen LogP) is 2.50. The van der Waals surface area contributed by atoms with E-state index in [1.54, 1.807) is 13.0 Å². The lowest BCUT2D eigenvalue weighted by Gasteiger charge is -2.34. The molecule has 0 radical (unpaired) electrons. The number of aliphatic hydroxyl groups is 1. The molecule has 0 saturated carbocycles. The maximum Gasteiger partial charge on any atom is 0.227 e. The molecule has 1 aliphatic rings. The molecule has 1 aromatic carbocycles. The number of hydrogen-bond acceptors (Lipinski definition) is 2. The number of amides is 1. The molecule has 19 heavy (non-hydrogen) atoms. The van der Waals surface area contributed by atoms with Crippen molar-refractivity contribution in [1.82, 2.24) is 4.90 Å². The lowest BCUT2D eigenvalue weighted by molar-refractivity contribution is -0.133. The number of aliphatic hydroxyl groups excluding tert-OH is 1. The lowest BCUT2D eigenvalue weighted by Crippen LogP contribution is -2.43. The molecule has 0 aromatic heterocycles. The van der Waals surface area contributed by atoms with E-state index in [2.05, 4.69) is 0 Å². The number of nitrogens with zero attached hydrogens (tertiary/aromatic N) is 1. The van der Waals surface area contributed by atoms with Crippen LogP contribution in [0.3, 0.4) is 0 Å². The first-order valence-corrected chi connectivity index (χ1v) is 7.14. The van der Waals surface area contributed by atoms with E-state index in [1.165, 1.54) is 0 Å². The average molecular weight is 282 g/mol. The Hall–Kier alpha value is -1.06. The standard InChI is InChI=1S/C15H20ClNO2/c1-11(18)13-5-3-7-17(10-13)15(19)9-12-4-2-6-14(16)8-12/h2,4,6,8,11,13,18H,3,5,7,9-10H2,1H3. The first-order chi connectivity index (χ1) is 9.06. The fourth-order valence-corrected chi connectivity index (χ4v) is 2.78. The van der Waals surface area contributed by atoms with E-state index < -0.39 is 0 Å². The quantitative estimate of drug-likeness (QED) is 0.925. The second-order valence-electron chi connectivity index (χ2n) is 5.29. The summed E-state index contributed by atoms with van der Waals surface area (Å²) in [5.41, 5.74) is 0.941. The number of likely N-dealkylation sites (tertiary alicyclic amines) is 1. The van der Waals surface area contributed by atoms with E-state index in [0.29, 0.717) is 18.0 Å². The fraction of sp³-hybridized carbons (Fsp3) is 0.533. The number of carbonyl (C=O) groups excluding carboxylic acids is 1. The summed E-state index contributed by atoms with van der Waals surface area (Å²) in [6.45, 7) is 3.26. The molecule has 1 N–H and O–H groups in total. The highest BCUT2D eigenvalue weighted by atomic mass is 35.5. The summed E-state index contributed by atoms with van der Waals surface area (Å²) in [7, 11) is 0. The van der Waals surface area contributed by atoms with Gasteiger partial charge in [-0.2, -0.15) is 0 Å². The van der Waals surface area contributed by atoms with Crippen molar-refractivity contribution in [3.05, 3.63) is 34.9 Å². The lowest BCUT2D eigenvalue weighted by atomic mass is 9.93. The number of rotatable bonds is 3. The molecule has 0 aliphatic carbocycles. The van der Waals surface area contributed by atoms with E-state index in [-0.39, 0.29) is 17.9 Å². The van der Waals surface area contributed by atoms with E-state index in [1.807, 2.05) is 23.1 Å². The molecule has 0 spiro atoms. The number of carbonyl (C=O) groups is 1. The van der Waals surface area contributed by atoms with E-state index >= 15 is 0 Å². The van der Waals surface area contributed by atoms with Crippen molar-refractivity contribution in [2.24, 2.45) is 5.92 Å². The largest absolute Gasteiger partial charge is 0.393 e. The van der Waals surface area contributed by atoms with Crippen molar-refractivity contribution in [1.29, 1.82) is 0 Å². The van der Waals surface area contributed by atoms with Gasteiger partial charge in [0.2, 0.25) is 5.91 Å². The molecule has 0 bridgehead atoms. The summed E-state index contributed by atoms with van der Waals surface area (Å²) >= 11 is 5.92. The van der Waals surface area contributed by atoms with Crippen molar-refractivity contribution >= 4 is 17.5 Å². The van der Waals surface area contributed by atoms with Crippen LogP contribution in [0.2, 0.25) is 5.02 Å². The Morgan fingerprint density at radius 1 is 1.58 bits per heavy atom. The fourth-order valence-electron chi connectivity index (χ4n) is 2.56. The molecule has 1 aliphatic heterocycles. The van der Waals surface area contributed by atoms with Gasteiger partial charge in [-0.25, -0.2) is 0 Å². The third-order valence-corrected chi connectivity index (χ3v) is 3.97. The van der Waals surface area contributed by atoms with Crippen molar-refractivity contribution in [3.63, 3.8) is 0 Å². The third-order valence-electron chi connectivity index (χ3n) is 3.74. The van der Waals surface area contributed by atoms with Gasteiger partial charge in [0, 0.05) is 24.0 Å². The van der Waals surface area contributed by atoms with Gasteiger partial charge < -0.3 is 10.0 Å². The highest BCUT2D eigenvalue weighted by Gasteiger charge is 2.26. The molecule has 1 heterocycles. The molecule has 4 heteroatoms. The predicted molar refractivity (Wildman–Crippen MR) is 76.1 cm³/mol. The van der Waals surface area contributed by atoms with Gasteiger partial charge in [-0.1, -0.05) is 23.7 Å². The van der Waals surface area contributed by atoms with Crippen LogP contribution in [0.25, 0.3) is 0 Å². The minimum absolute atomic E-state index is 0.118. The average Bonchev–Trinajstić information content (AvgIpc) is 2.39. The van der Waals surface area contributed by atoms with Gasteiger partial charge in [-0.3, -0.25) is 4.79 Å². The zero-order chi connectivity index (χ0) is 13.8. The number of hydrogen-bond donors (Lipinski definition) is 1. The molecule has 2 rings (SSSR count). The zero-order valence-electron chi connectivity index (χ0n) is 11.2. The van der Waals surface area contributed by atoms with Gasteiger partial charge >= 0.3 is 0 Å². The SMILES string of the molecule is CC(O)C1CCCN(C(=O)Cc2cccc(Cl)c2)C1. The summed E-state index contributed by atoms with van der Waals surface area (Å²) in [6, 6.07) is 7.41. The number of benzene rings is 1. The first kappa shape index (κ1) is 14.4. The van der Waals surface area contributed by atoms with Crippen molar-refractivity contribution in [2.45, 2.75) is 32.3 Å². The molecule has 1 fully saturated rings. The Morgan fingerprint density at radius 3 is 3.05 bits per heavy atom. The molecule has 1 amide bonds. The van der Waals surface area contributed by atoms with Crippen LogP contribution in [0.5, 0.6) is 0 Å². The highest BCUT2D eigenvalue weighted by molar-refractivity contribution is 6.30. The van der Waals surface area contributed by atoms with Gasteiger partial charge in [0.15, 0.2) is 0 Å². The number of piperidine rings is 1. The Kier molecular flexibility index (Phi) is 4.83. The Bertz CT molecular complexity index is 448. The van der Waals surface area contributed by atoms with Gasteiger partial charge in [-0.05, 0) is 37.5 Å². The maximum absolute atomic E-state index is 12.2. The highest BCUT2D eigenvalue weighted by Crippen LogP contribution is 2.21. The Balaban J connectivity index is 1.96. The van der Waals surface area contributed by atoms with Crippen molar-refractivity contribution in [2.75, 3.05) is 13.1 Å². The van der Waals surface area contributed by atoms with Crippen molar-refractivity contribution < 1.29 is 9.90 Å². The smallest absolute Gasteiger partial charge is 0.227 e. The third kappa shape index (κ3) is 3.95. The van der Waals surface area contributed by atoms with Crippen LogP contribution in [0.1, 0.15) is 25.3 Å². The molecular weight excluding hydrogens is 262 g/mol. The normalized spacial score (nSPS) is 21.2. The molecule has 3 nitrogen and oxygen atoms in total. The summed E-state index contributed by atoms with van der Waals surface area (Å²) < 4.78 is 0. The van der Waals surface area contributed by atoms with Crippen molar-refractivity contribution in [3.8, 4) is 0 Å². The molecule has 1 aromatic rings. The van der Waals surface area contributed by atoms with E-state index in [9.17, 15) is 9.90 Å². The van der Waals surface area contributed by atoms with Crippen LogP contribution in [0, 0.1) is 5.92 Å². The second-order valence-corrected chi connectivity index (χ2v) is 5.73. The number of halogens is 1. The molecule has 1 saturated heterocycles. The monoisotopic (exact) mass is 281 g/mol. The summed E-state index contributed by atoms with van der Waals surface area (Å²) in [5, 5.41) is 10.3. The van der Waals surface area contributed by atoms with Crippen LogP contribution < -0.4 is 0 Å². The summed E-state index contributed by atoms with van der Waals surface area (Å²) in [5.74, 6) is 0.324. The zero-order valence-corrected chi connectivity index (χ0v) is 11.9. The Morgan fingerprint density at radius 2 is 2.37 bits per heavy atom. The summed E-state index contributed by atoms with van der Waals surface area (Å²) in [4.78, 5) is 14.1.